The zero-order chi connectivity index (χ0) is 19.8. The van der Waals surface area contributed by atoms with Crippen LogP contribution in [0.2, 0.25) is 10.0 Å². The molecule has 2 aromatic carbocycles. The molecule has 0 unspecified atom stereocenters. The molecule has 0 bridgehead atoms. The molecule has 0 fully saturated rings. The summed E-state index contributed by atoms with van der Waals surface area (Å²) in [6.07, 6.45) is 1.79. The lowest BCUT2D eigenvalue weighted by molar-refractivity contribution is 0.102. The van der Waals surface area contributed by atoms with Gasteiger partial charge < -0.3 is 10.3 Å². The van der Waals surface area contributed by atoms with Gasteiger partial charge in [-0.1, -0.05) is 51.3 Å². The fourth-order valence-electron chi connectivity index (χ4n) is 3.02. The first-order valence-electron chi connectivity index (χ1n) is 8.47. The molecular formula is C20H15BrCl2N4O. The number of aromatic nitrogens is 3. The van der Waals surface area contributed by atoms with E-state index in [0.29, 0.717) is 33.7 Å². The molecule has 0 radical (unpaired) electrons. The van der Waals surface area contributed by atoms with Gasteiger partial charge in [0.15, 0.2) is 0 Å². The molecule has 8 heteroatoms. The fraction of sp³-hybridized carbons (Fsp3) is 0.100. The molecule has 0 spiro atoms. The summed E-state index contributed by atoms with van der Waals surface area (Å²) in [5.74, 6) is -0.317. The number of nitrogens with zero attached hydrogens (tertiary/aromatic N) is 2. The minimum absolute atomic E-state index is 0.316. The third kappa shape index (κ3) is 3.81. The van der Waals surface area contributed by atoms with Crippen LogP contribution < -0.4 is 5.32 Å². The molecule has 2 heterocycles. The second-order valence-electron chi connectivity index (χ2n) is 6.41. The first kappa shape index (κ1) is 19.1. The van der Waals surface area contributed by atoms with Crippen molar-refractivity contribution in [1.29, 1.82) is 0 Å². The summed E-state index contributed by atoms with van der Waals surface area (Å²) in [7, 11) is 0. The first-order chi connectivity index (χ1) is 13.4. The average Bonchev–Trinajstić information content (AvgIpc) is 3.15. The molecule has 5 nitrogen and oxygen atoms in total. The molecule has 0 saturated carbocycles. The standard InChI is InChI=1S/C20H15BrCl2N4O/c1-11-17(10-27(26-11)9-12-3-2-4-14(22)7-12)25-20(28)19-18(23)15-8-13(21)5-6-16(15)24-19/h2-8,10,24H,9H2,1H3,(H,25,28). The molecule has 2 N–H and O–H groups in total. The highest BCUT2D eigenvalue weighted by Gasteiger charge is 2.18. The van der Waals surface area contributed by atoms with E-state index in [-0.39, 0.29) is 5.91 Å². The Morgan fingerprint density at radius 2 is 2.07 bits per heavy atom. The molecule has 2 aromatic heterocycles. The topological polar surface area (TPSA) is 62.7 Å². The van der Waals surface area contributed by atoms with Crippen LogP contribution in [0.4, 0.5) is 5.69 Å². The number of benzene rings is 2. The highest BCUT2D eigenvalue weighted by molar-refractivity contribution is 9.10. The number of rotatable bonds is 4. The number of fused-ring (bicyclic) bond motifs is 1. The van der Waals surface area contributed by atoms with Crippen molar-refractivity contribution in [3.8, 4) is 0 Å². The van der Waals surface area contributed by atoms with Gasteiger partial charge in [-0.3, -0.25) is 9.48 Å². The number of H-pyrrole nitrogens is 1. The number of aromatic amines is 1. The molecule has 4 aromatic rings. The SMILES string of the molecule is Cc1nn(Cc2cccc(Cl)c2)cc1NC(=O)c1[nH]c2ccc(Br)cc2c1Cl. The van der Waals surface area contributed by atoms with Gasteiger partial charge in [0, 0.05) is 26.6 Å². The Kier molecular flexibility index (Phi) is 5.19. The van der Waals surface area contributed by atoms with Crippen LogP contribution in [0.15, 0.2) is 53.1 Å². The van der Waals surface area contributed by atoms with Crippen LogP contribution in [0.5, 0.6) is 0 Å². The van der Waals surface area contributed by atoms with Gasteiger partial charge in [-0.15, -0.1) is 0 Å². The predicted octanol–water partition coefficient (Wildman–Crippen LogP) is 6.04. The number of amides is 1. The summed E-state index contributed by atoms with van der Waals surface area (Å²) in [4.78, 5) is 15.8. The summed E-state index contributed by atoms with van der Waals surface area (Å²) in [6, 6.07) is 13.2. The quantitative estimate of drug-likeness (QED) is 0.376. The minimum atomic E-state index is -0.317. The van der Waals surface area contributed by atoms with E-state index >= 15 is 0 Å². The monoisotopic (exact) mass is 476 g/mol. The van der Waals surface area contributed by atoms with Crippen LogP contribution in [0.1, 0.15) is 21.7 Å². The Balaban J connectivity index is 1.57. The molecule has 142 valence electrons. The van der Waals surface area contributed by atoms with Crippen molar-refractivity contribution in [3.63, 3.8) is 0 Å². The van der Waals surface area contributed by atoms with E-state index < -0.39 is 0 Å². The van der Waals surface area contributed by atoms with Crippen LogP contribution in [-0.4, -0.2) is 20.7 Å². The van der Waals surface area contributed by atoms with E-state index in [2.05, 4.69) is 31.3 Å². The van der Waals surface area contributed by atoms with Gasteiger partial charge in [-0.2, -0.15) is 5.10 Å². The molecule has 0 aliphatic carbocycles. The Hall–Kier alpha value is -2.28. The highest BCUT2D eigenvalue weighted by atomic mass is 79.9. The summed E-state index contributed by atoms with van der Waals surface area (Å²) in [5.41, 5.74) is 3.48. The molecule has 4 rings (SSSR count). The maximum Gasteiger partial charge on any atom is 0.273 e. The van der Waals surface area contributed by atoms with Crippen molar-refractivity contribution in [2.24, 2.45) is 0 Å². The molecule has 28 heavy (non-hydrogen) atoms. The predicted molar refractivity (Wildman–Crippen MR) is 116 cm³/mol. The van der Waals surface area contributed by atoms with Gasteiger partial charge in [-0.05, 0) is 42.8 Å². The third-order valence-corrected chi connectivity index (χ3v) is 5.47. The van der Waals surface area contributed by atoms with E-state index in [0.717, 1.165) is 20.9 Å². The summed E-state index contributed by atoms with van der Waals surface area (Å²) in [6.45, 7) is 2.40. The van der Waals surface area contributed by atoms with E-state index in [4.69, 9.17) is 23.2 Å². The number of hydrogen-bond acceptors (Lipinski definition) is 2. The van der Waals surface area contributed by atoms with Crippen LogP contribution in [-0.2, 0) is 6.54 Å². The highest BCUT2D eigenvalue weighted by Crippen LogP contribution is 2.30. The van der Waals surface area contributed by atoms with Gasteiger partial charge in [0.25, 0.3) is 5.91 Å². The second-order valence-corrected chi connectivity index (χ2v) is 8.14. The van der Waals surface area contributed by atoms with Crippen molar-refractivity contribution < 1.29 is 4.79 Å². The lowest BCUT2D eigenvalue weighted by Crippen LogP contribution is -2.13. The third-order valence-electron chi connectivity index (χ3n) is 4.35. The lowest BCUT2D eigenvalue weighted by Gasteiger charge is -2.03. The van der Waals surface area contributed by atoms with Crippen LogP contribution >= 0.6 is 39.1 Å². The number of aryl methyl sites for hydroxylation is 1. The van der Waals surface area contributed by atoms with Gasteiger partial charge in [-0.25, -0.2) is 0 Å². The normalized spacial score (nSPS) is 11.1. The van der Waals surface area contributed by atoms with Gasteiger partial charge >= 0.3 is 0 Å². The van der Waals surface area contributed by atoms with Gasteiger partial charge in [0.05, 0.1) is 22.9 Å². The smallest absolute Gasteiger partial charge is 0.273 e. The lowest BCUT2D eigenvalue weighted by atomic mass is 10.2. The fourth-order valence-corrected chi connectivity index (χ4v) is 3.88. The Labute approximate surface area is 179 Å². The van der Waals surface area contributed by atoms with Gasteiger partial charge in [0.2, 0.25) is 0 Å². The maximum atomic E-state index is 12.8. The van der Waals surface area contributed by atoms with Crippen molar-refractivity contribution in [1.82, 2.24) is 14.8 Å². The van der Waals surface area contributed by atoms with Crippen molar-refractivity contribution >= 4 is 61.6 Å². The van der Waals surface area contributed by atoms with Crippen molar-refractivity contribution in [2.45, 2.75) is 13.5 Å². The minimum Gasteiger partial charge on any atom is -0.349 e. The Morgan fingerprint density at radius 3 is 2.86 bits per heavy atom. The van der Waals surface area contributed by atoms with Gasteiger partial charge in [0.1, 0.15) is 5.69 Å². The summed E-state index contributed by atoms with van der Waals surface area (Å²) in [5, 5.41) is 9.20. The van der Waals surface area contributed by atoms with E-state index in [1.54, 1.807) is 10.9 Å². The summed E-state index contributed by atoms with van der Waals surface area (Å²) >= 11 is 15.9. The van der Waals surface area contributed by atoms with E-state index in [9.17, 15) is 4.79 Å². The summed E-state index contributed by atoms with van der Waals surface area (Å²) < 4.78 is 2.66. The van der Waals surface area contributed by atoms with E-state index in [1.165, 1.54) is 0 Å². The first-order valence-corrected chi connectivity index (χ1v) is 10.0. The molecule has 0 aliphatic heterocycles. The van der Waals surface area contributed by atoms with Crippen molar-refractivity contribution in [3.05, 3.63) is 80.1 Å². The molecule has 0 saturated heterocycles. The number of carbonyl (C=O) groups is 1. The van der Waals surface area contributed by atoms with Crippen molar-refractivity contribution in [2.75, 3.05) is 5.32 Å². The number of hydrogen-bond donors (Lipinski definition) is 2. The number of anilines is 1. The Morgan fingerprint density at radius 1 is 1.25 bits per heavy atom. The second kappa shape index (κ2) is 7.62. The Bertz CT molecular complexity index is 1200. The molecule has 0 aliphatic rings. The van der Waals surface area contributed by atoms with Crippen LogP contribution in [0.25, 0.3) is 10.9 Å². The number of halogens is 3. The zero-order valence-electron chi connectivity index (χ0n) is 14.8. The van der Waals surface area contributed by atoms with Crippen LogP contribution in [0, 0.1) is 6.92 Å². The largest absolute Gasteiger partial charge is 0.349 e. The zero-order valence-corrected chi connectivity index (χ0v) is 17.9. The molecular weight excluding hydrogens is 463 g/mol. The number of nitrogens with one attached hydrogen (secondary N) is 2. The number of carbonyl (C=O) groups excluding carboxylic acids is 1. The average molecular weight is 478 g/mol. The maximum absolute atomic E-state index is 12.8. The van der Waals surface area contributed by atoms with Crippen LogP contribution in [0.3, 0.4) is 0 Å². The molecule has 1 amide bonds. The van der Waals surface area contributed by atoms with E-state index in [1.807, 2.05) is 49.4 Å². The molecule has 0 atom stereocenters.